The molecule has 0 aliphatic carbocycles. The van der Waals surface area contributed by atoms with E-state index in [4.69, 9.17) is 19.4 Å². The van der Waals surface area contributed by atoms with Gasteiger partial charge in [0.15, 0.2) is 17.5 Å². The average Bonchev–Trinajstić information content (AvgIpc) is 4.07. The molecular formula is C55H31N5O. The van der Waals surface area contributed by atoms with Gasteiger partial charge in [0.25, 0.3) is 0 Å². The van der Waals surface area contributed by atoms with Crippen LogP contribution < -0.4 is 0 Å². The van der Waals surface area contributed by atoms with E-state index < -0.39 is 0 Å². The minimum absolute atomic E-state index is 0.551. The van der Waals surface area contributed by atoms with E-state index in [9.17, 15) is 0 Å². The first-order valence-electron chi connectivity index (χ1n) is 20.6. The zero-order valence-corrected chi connectivity index (χ0v) is 32.5. The second kappa shape index (κ2) is 12.1. The van der Waals surface area contributed by atoms with Crippen LogP contribution in [0.25, 0.3) is 132 Å². The smallest absolute Gasteiger partial charge is 0.167 e. The molecule has 6 nitrogen and oxygen atoms in total. The molecule has 282 valence electrons. The van der Waals surface area contributed by atoms with Crippen LogP contribution in [0.4, 0.5) is 0 Å². The van der Waals surface area contributed by atoms with Crippen LogP contribution in [0.15, 0.2) is 192 Å². The van der Waals surface area contributed by atoms with Gasteiger partial charge >= 0.3 is 0 Å². The highest BCUT2D eigenvalue weighted by Crippen LogP contribution is 2.46. The van der Waals surface area contributed by atoms with Crippen molar-refractivity contribution in [1.29, 1.82) is 0 Å². The Kier molecular flexibility index (Phi) is 6.46. The summed E-state index contributed by atoms with van der Waals surface area (Å²) in [5.74, 6) is 1.76. The number of para-hydroxylation sites is 3. The molecule has 14 rings (SSSR count). The van der Waals surface area contributed by atoms with E-state index >= 15 is 0 Å². The highest BCUT2D eigenvalue weighted by molar-refractivity contribution is 6.28. The highest BCUT2D eigenvalue weighted by Gasteiger charge is 2.25. The molecule has 61 heavy (non-hydrogen) atoms. The molecule has 0 bridgehead atoms. The number of nitrogens with zero attached hydrogens (tertiary/aromatic N) is 5. The molecule has 0 N–H and O–H groups in total. The molecule has 0 radical (unpaired) electrons. The monoisotopic (exact) mass is 777 g/mol. The van der Waals surface area contributed by atoms with Crippen LogP contribution >= 0.6 is 0 Å². The third-order valence-corrected chi connectivity index (χ3v) is 12.7. The SMILES string of the molecule is c1ccc(-c2nc(-c3ccccc3)nc(-c3ccc(-n4c5cc6c(cc5c5ccc7ccccc7c54)c4cccc5c7ccccc7n6c54)c4c3oc3ccccc34)n2)cc1. The van der Waals surface area contributed by atoms with Gasteiger partial charge in [0.1, 0.15) is 11.2 Å². The van der Waals surface area contributed by atoms with E-state index in [1.165, 1.54) is 59.6 Å². The first-order chi connectivity index (χ1) is 30.3. The van der Waals surface area contributed by atoms with Crippen molar-refractivity contribution in [2.75, 3.05) is 0 Å². The Balaban J connectivity index is 1.13. The molecule has 0 atom stereocenters. The largest absolute Gasteiger partial charge is 0.455 e. The predicted octanol–water partition coefficient (Wildman–Crippen LogP) is 14.2. The zero-order valence-electron chi connectivity index (χ0n) is 32.5. The number of benzene rings is 9. The zero-order chi connectivity index (χ0) is 39.8. The molecule has 0 aliphatic rings. The van der Waals surface area contributed by atoms with Gasteiger partial charge in [-0.1, -0.05) is 152 Å². The van der Waals surface area contributed by atoms with Crippen LogP contribution in [-0.2, 0) is 0 Å². The fourth-order valence-corrected chi connectivity index (χ4v) is 10.1. The maximum absolute atomic E-state index is 6.95. The molecule has 14 aromatic rings. The molecular weight excluding hydrogens is 747 g/mol. The fraction of sp³-hybridized carbons (Fsp3) is 0. The quantitative estimate of drug-likeness (QED) is 0.179. The summed E-state index contributed by atoms with van der Waals surface area (Å²) in [4.78, 5) is 15.3. The molecule has 0 saturated carbocycles. The fourth-order valence-electron chi connectivity index (χ4n) is 10.1. The summed E-state index contributed by atoms with van der Waals surface area (Å²) in [6, 6.07) is 66.5. The Hall–Kier alpha value is -8.35. The van der Waals surface area contributed by atoms with Crippen molar-refractivity contribution in [1.82, 2.24) is 23.9 Å². The summed E-state index contributed by atoms with van der Waals surface area (Å²) in [6.07, 6.45) is 0. The molecule has 5 heterocycles. The van der Waals surface area contributed by atoms with E-state index in [0.29, 0.717) is 17.5 Å². The number of fused-ring (bicyclic) bond motifs is 14. The second-order valence-electron chi connectivity index (χ2n) is 15.9. The average molecular weight is 778 g/mol. The number of furan rings is 1. The van der Waals surface area contributed by atoms with Crippen LogP contribution in [0.5, 0.6) is 0 Å². The minimum atomic E-state index is 0.551. The van der Waals surface area contributed by atoms with Gasteiger partial charge in [-0.25, -0.2) is 15.0 Å². The molecule has 0 spiro atoms. The lowest BCUT2D eigenvalue weighted by atomic mass is 10.0. The summed E-state index contributed by atoms with van der Waals surface area (Å²) < 4.78 is 11.9. The number of rotatable bonds is 4. The van der Waals surface area contributed by atoms with E-state index in [-0.39, 0.29) is 0 Å². The van der Waals surface area contributed by atoms with Crippen LogP contribution in [0.2, 0.25) is 0 Å². The Morgan fingerprint density at radius 3 is 1.77 bits per heavy atom. The first-order valence-corrected chi connectivity index (χ1v) is 20.6. The maximum atomic E-state index is 6.95. The molecule has 5 aromatic heterocycles. The summed E-state index contributed by atoms with van der Waals surface area (Å²) in [5.41, 5.74) is 11.1. The summed E-state index contributed by atoms with van der Waals surface area (Å²) in [6.45, 7) is 0. The molecule has 0 amide bonds. The normalized spacial score (nSPS) is 12.3. The van der Waals surface area contributed by atoms with Gasteiger partial charge in [0.05, 0.1) is 44.2 Å². The van der Waals surface area contributed by atoms with E-state index in [1.807, 2.05) is 66.7 Å². The van der Waals surface area contributed by atoms with E-state index in [0.717, 1.165) is 55.3 Å². The Morgan fingerprint density at radius 2 is 0.984 bits per heavy atom. The first kappa shape index (κ1) is 32.6. The van der Waals surface area contributed by atoms with Crippen molar-refractivity contribution >= 4 is 92.6 Å². The Morgan fingerprint density at radius 1 is 0.377 bits per heavy atom. The van der Waals surface area contributed by atoms with E-state index in [1.54, 1.807) is 0 Å². The van der Waals surface area contributed by atoms with Crippen molar-refractivity contribution < 1.29 is 4.42 Å². The van der Waals surface area contributed by atoms with Gasteiger partial charge in [-0.2, -0.15) is 0 Å². The number of hydrogen-bond donors (Lipinski definition) is 0. The van der Waals surface area contributed by atoms with Crippen molar-refractivity contribution in [2.24, 2.45) is 0 Å². The van der Waals surface area contributed by atoms with Crippen LogP contribution in [0.1, 0.15) is 0 Å². The Bertz CT molecular complexity index is 4050. The minimum Gasteiger partial charge on any atom is -0.455 e. The van der Waals surface area contributed by atoms with Crippen LogP contribution in [0, 0.1) is 0 Å². The van der Waals surface area contributed by atoms with Crippen molar-refractivity contribution in [3.63, 3.8) is 0 Å². The molecule has 6 heteroatoms. The highest BCUT2D eigenvalue weighted by atomic mass is 16.3. The van der Waals surface area contributed by atoms with E-state index in [2.05, 4.69) is 130 Å². The molecule has 9 aromatic carbocycles. The standard InChI is InChI=1S/C55H31N5O/c1-3-15-33(16-4-1)53-56-54(34-17-5-2-6-18-34)58-55(57-53)41-28-29-45(49-40-21-10-12-25-48(40)61-52(41)49)60-47-31-46-42(30-43(47)39-27-26-32-14-7-8-19-35(32)50(39)60)38-23-13-22-37-36-20-9-11-24-44(36)59(46)51(37)38/h1-31H. The van der Waals surface area contributed by atoms with Crippen LogP contribution in [0.3, 0.4) is 0 Å². The predicted molar refractivity (Wildman–Crippen MR) is 250 cm³/mol. The summed E-state index contributed by atoms with van der Waals surface area (Å²) >= 11 is 0. The van der Waals surface area contributed by atoms with Gasteiger partial charge < -0.3 is 13.4 Å². The van der Waals surface area contributed by atoms with Gasteiger partial charge in [0, 0.05) is 54.2 Å². The molecule has 0 unspecified atom stereocenters. The summed E-state index contributed by atoms with van der Waals surface area (Å²) in [7, 11) is 0. The lowest BCUT2D eigenvalue weighted by molar-refractivity contribution is 0.669. The van der Waals surface area contributed by atoms with Crippen molar-refractivity contribution in [3.05, 3.63) is 188 Å². The van der Waals surface area contributed by atoms with Crippen LogP contribution in [-0.4, -0.2) is 23.9 Å². The Labute approximate surface area is 347 Å². The lowest BCUT2D eigenvalue weighted by Gasteiger charge is -2.14. The molecule has 0 fully saturated rings. The second-order valence-corrected chi connectivity index (χ2v) is 15.9. The van der Waals surface area contributed by atoms with Gasteiger partial charge in [-0.05, 0) is 41.8 Å². The maximum Gasteiger partial charge on any atom is 0.167 e. The third kappa shape index (κ3) is 4.48. The van der Waals surface area contributed by atoms with Gasteiger partial charge in [-0.15, -0.1) is 0 Å². The third-order valence-electron chi connectivity index (χ3n) is 12.7. The molecule has 0 aliphatic heterocycles. The van der Waals surface area contributed by atoms with Crippen molar-refractivity contribution in [3.8, 4) is 39.9 Å². The van der Waals surface area contributed by atoms with Gasteiger partial charge in [0.2, 0.25) is 0 Å². The molecule has 0 saturated heterocycles. The number of aromatic nitrogens is 5. The van der Waals surface area contributed by atoms with Gasteiger partial charge in [-0.3, -0.25) is 0 Å². The number of hydrogen-bond acceptors (Lipinski definition) is 4. The summed E-state index contributed by atoms with van der Waals surface area (Å²) in [5, 5.41) is 11.9. The lowest BCUT2D eigenvalue weighted by Crippen LogP contribution is -2.01. The van der Waals surface area contributed by atoms with Crippen molar-refractivity contribution in [2.45, 2.75) is 0 Å². The topological polar surface area (TPSA) is 61.2 Å².